The molecule has 1 N–H and O–H groups in total. The van der Waals surface area contributed by atoms with Gasteiger partial charge in [-0.25, -0.2) is 18.7 Å². The van der Waals surface area contributed by atoms with Crippen LogP contribution >= 0.6 is 0 Å². The number of fused-ring (bicyclic) bond motifs is 1. The SMILES string of the molecule is COc1ccc(-c2cc3ncn(C)c(=O)c3c(NCC(F)F)n2)cc1OCCN1CCCC1. The van der Waals surface area contributed by atoms with E-state index in [1.54, 1.807) is 38.4 Å². The van der Waals surface area contributed by atoms with Gasteiger partial charge in [0.1, 0.15) is 17.8 Å². The fourth-order valence-corrected chi connectivity index (χ4v) is 3.91. The van der Waals surface area contributed by atoms with E-state index in [-0.39, 0.29) is 16.8 Å². The van der Waals surface area contributed by atoms with Gasteiger partial charge >= 0.3 is 0 Å². The minimum atomic E-state index is -2.59. The predicted octanol–water partition coefficient (Wildman–Crippen LogP) is 3.16. The third-order valence-electron chi connectivity index (χ3n) is 5.65. The van der Waals surface area contributed by atoms with Crippen LogP contribution in [0.1, 0.15) is 12.8 Å². The molecule has 0 spiro atoms. The van der Waals surface area contributed by atoms with Gasteiger partial charge in [-0.3, -0.25) is 9.69 Å². The second-order valence-electron chi connectivity index (χ2n) is 7.95. The van der Waals surface area contributed by atoms with Gasteiger partial charge in [-0.05, 0) is 50.2 Å². The first-order valence-corrected chi connectivity index (χ1v) is 10.9. The number of nitrogens with one attached hydrogen (secondary N) is 1. The molecule has 1 aromatic carbocycles. The first-order chi connectivity index (χ1) is 16.0. The number of methoxy groups -OCH3 is 1. The molecule has 1 aliphatic heterocycles. The third kappa shape index (κ3) is 5.22. The number of likely N-dealkylation sites (tertiary alicyclic amines) is 1. The summed E-state index contributed by atoms with van der Waals surface area (Å²) >= 11 is 0. The Hall–Kier alpha value is -3.27. The highest BCUT2D eigenvalue weighted by molar-refractivity contribution is 5.91. The maximum Gasteiger partial charge on any atom is 0.264 e. The van der Waals surface area contributed by atoms with Crippen molar-refractivity contribution >= 4 is 16.7 Å². The van der Waals surface area contributed by atoms with E-state index >= 15 is 0 Å². The first-order valence-electron chi connectivity index (χ1n) is 10.9. The van der Waals surface area contributed by atoms with Crippen LogP contribution in [-0.4, -0.2) is 65.8 Å². The zero-order chi connectivity index (χ0) is 23.4. The van der Waals surface area contributed by atoms with Crippen LogP contribution in [0.2, 0.25) is 0 Å². The molecule has 0 unspecified atom stereocenters. The largest absolute Gasteiger partial charge is 0.493 e. The Labute approximate surface area is 190 Å². The van der Waals surface area contributed by atoms with Crippen molar-refractivity contribution in [3.63, 3.8) is 0 Å². The molecule has 1 fully saturated rings. The Bertz CT molecular complexity index is 1180. The average Bonchev–Trinajstić information content (AvgIpc) is 3.33. The maximum absolute atomic E-state index is 12.9. The number of alkyl halides is 2. The molecular formula is C23H27F2N5O3. The van der Waals surface area contributed by atoms with Gasteiger partial charge in [0.05, 0.1) is 31.2 Å². The number of hydrogen-bond donors (Lipinski definition) is 1. The average molecular weight is 459 g/mol. The lowest BCUT2D eigenvalue weighted by atomic mass is 10.1. The van der Waals surface area contributed by atoms with Crippen molar-refractivity contribution in [2.45, 2.75) is 19.3 Å². The van der Waals surface area contributed by atoms with E-state index in [1.807, 2.05) is 0 Å². The Balaban J connectivity index is 1.68. The van der Waals surface area contributed by atoms with Crippen molar-refractivity contribution in [2.24, 2.45) is 7.05 Å². The zero-order valence-corrected chi connectivity index (χ0v) is 18.7. The van der Waals surface area contributed by atoms with Crippen LogP contribution in [0.15, 0.2) is 35.4 Å². The number of aryl methyl sites for hydroxylation is 1. The lowest BCUT2D eigenvalue weighted by molar-refractivity contribution is 0.163. The topological polar surface area (TPSA) is 81.5 Å². The molecule has 176 valence electrons. The molecule has 0 amide bonds. The van der Waals surface area contributed by atoms with Crippen LogP contribution < -0.4 is 20.3 Å². The smallest absolute Gasteiger partial charge is 0.264 e. The van der Waals surface area contributed by atoms with E-state index in [0.29, 0.717) is 34.9 Å². The minimum Gasteiger partial charge on any atom is -0.493 e. The van der Waals surface area contributed by atoms with Crippen LogP contribution in [-0.2, 0) is 7.05 Å². The summed E-state index contributed by atoms with van der Waals surface area (Å²) in [6, 6.07) is 7.05. The van der Waals surface area contributed by atoms with Gasteiger partial charge in [0.15, 0.2) is 11.5 Å². The molecule has 0 aliphatic carbocycles. The summed E-state index contributed by atoms with van der Waals surface area (Å²) in [7, 11) is 3.12. The molecule has 10 heteroatoms. The summed E-state index contributed by atoms with van der Waals surface area (Å²) in [5.41, 5.74) is 1.17. The van der Waals surface area contributed by atoms with Gasteiger partial charge in [-0.15, -0.1) is 0 Å². The number of halogens is 2. The molecule has 8 nitrogen and oxygen atoms in total. The molecule has 1 aliphatic rings. The zero-order valence-electron chi connectivity index (χ0n) is 18.7. The second kappa shape index (κ2) is 10.1. The predicted molar refractivity (Wildman–Crippen MR) is 122 cm³/mol. The van der Waals surface area contributed by atoms with E-state index < -0.39 is 13.0 Å². The Morgan fingerprint density at radius 1 is 1.18 bits per heavy atom. The minimum absolute atomic E-state index is 0.0730. The molecule has 3 aromatic rings. The second-order valence-corrected chi connectivity index (χ2v) is 7.95. The highest BCUT2D eigenvalue weighted by Crippen LogP contribution is 2.33. The van der Waals surface area contributed by atoms with Gasteiger partial charge in [-0.1, -0.05) is 0 Å². The normalized spacial score (nSPS) is 14.2. The summed E-state index contributed by atoms with van der Waals surface area (Å²) in [5, 5.41) is 2.76. The van der Waals surface area contributed by atoms with Crippen LogP contribution in [0.3, 0.4) is 0 Å². The van der Waals surface area contributed by atoms with Crippen molar-refractivity contribution in [1.82, 2.24) is 19.4 Å². The van der Waals surface area contributed by atoms with Gasteiger partial charge in [-0.2, -0.15) is 0 Å². The number of ether oxygens (including phenoxy) is 2. The van der Waals surface area contributed by atoms with Crippen molar-refractivity contribution in [3.8, 4) is 22.8 Å². The lowest BCUT2D eigenvalue weighted by Crippen LogP contribution is -2.25. The van der Waals surface area contributed by atoms with Crippen LogP contribution in [0.25, 0.3) is 22.2 Å². The number of nitrogens with zero attached hydrogens (tertiary/aromatic N) is 4. The molecule has 1 saturated heterocycles. The fourth-order valence-electron chi connectivity index (χ4n) is 3.91. The number of pyridine rings is 1. The Kier molecular flexibility index (Phi) is 7.02. The summed E-state index contributed by atoms with van der Waals surface area (Å²) in [6.45, 7) is 2.89. The third-order valence-corrected chi connectivity index (χ3v) is 5.65. The molecule has 0 saturated carbocycles. The lowest BCUT2D eigenvalue weighted by Gasteiger charge is -2.17. The number of benzene rings is 1. The van der Waals surface area contributed by atoms with Crippen molar-refractivity contribution in [2.75, 3.05) is 45.2 Å². The molecule has 3 heterocycles. The molecule has 0 bridgehead atoms. The van der Waals surface area contributed by atoms with Crippen molar-refractivity contribution in [1.29, 1.82) is 0 Å². The van der Waals surface area contributed by atoms with E-state index in [2.05, 4.69) is 20.2 Å². The van der Waals surface area contributed by atoms with Crippen LogP contribution in [0.5, 0.6) is 11.5 Å². The summed E-state index contributed by atoms with van der Waals surface area (Å²) in [5.74, 6) is 1.22. The molecule has 33 heavy (non-hydrogen) atoms. The first kappa shape index (κ1) is 22.9. The number of hydrogen-bond acceptors (Lipinski definition) is 7. The molecular weight excluding hydrogens is 432 g/mol. The van der Waals surface area contributed by atoms with Crippen LogP contribution in [0.4, 0.5) is 14.6 Å². The van der Waals surface area contributed by atoms with Gasteiger partial charge in [0, 0.05) is 19.2 Å². The maximum atomic E-state index is 12.9. The summed E-state index contributed by atoms with van der Waals surface area (Å²) < 4.78 is 38.5. The van der Waals surface area contributed by atoms with Crippen LogP contribution in [0, 0.1) is 0 Å². The number of rotatable bonds is 9. The van der Waals surface area contributed by atoms with E-state index in [9.17, 15) is 13.6 Å². The van der Waals surface area contributed by atoms with Crippen molar-refractivity contribution < 1.29 is 18.3 Å². The van der Waals surface area contributed by atoms with Gasteiger partial charge in [0.25, 0.3) is 12.0 Å². The Morgan fingerprint density at radius 2 is 1.97 bits per heavy atom. The quantitative estimate of drug-likeness (QED) is 0.526. The summed E-state index contributed by atoms with van der Waals surface area (Å²) in [6.07, 6.45) is 1.23. The Morgan fingerprint density at radius 3 is 2.70 bits per heavy atom. The van der Waals surface area contributed by atoms with E-state index in [0.717, 1.165) is 19.6 Å². The van der Waals surface area contributed by atoms with E-state index in [1.165, 1.54) is 23.7 Å². The molecule has 4 rings (SSSR count). The monoisotopic (exact) mass is 459 g/mol. The highest BCUT2D eigenvalue weighted by atomic mass is 19.3. The van der Waals surface area contributed by atoms with Gasteiger partial charge in [0.2, 0.25) is 0 Å². The summed E-state index contributed by atoms with van der Waals surface area (Å²) in [4.78, 5) is 23.8. The van der Waals surface area contributed by atoms with Crippen molar-refractivity contribution in [3.05, 3.63) is 40.9 Å². The number of anilines is 1. The standard InChI is InChI=1S/C23H27F2N5O3/c1-29-14-27-17-12-16(28-22(21(17)23(29)31)26-13-20(24)25)15-5-6-18(32-2)19(11-15)33-10-9-30-7-3-4-8-30/h5-6,11-12,14,20H,3-4,7-10,13H2,1-2H3,(H,26,28). The number of aromatic nitrogens is 3. The van der Waals surface area contributed by atoms with E-state index in [4.69, 9.17) is 9.47 Å². The molecule has 0 radical (unpaired) electrons. The van der Waals surface area contributed by atoms with Gasteiger partial charge < -0.3 is 19.4 Å². The highest BCUT2D eigenvalue weighted by Gasteiger charge is 2.17. The molecule has 0 atom stereocenters. The fraction of sp³-hybridized carbons (Fsp3) is 0.435. The molecule has 2 aromatic heterocycles.